The topological polar surface area (TPSA) is 107 Å². The van der Waals surface area contributed by atoms with Gasteiger partial charge in [-0.1, -0.05) is 0 Å². The molecule has 0 aliphatic carbocycles. The summed E-state index contributed by atoms with van der Waals surface area (Å²) in [5.74, 6) is -0.639. The number of nitrogens with two attached hydrogens (primary N) is 1. The Morgan fingerprint density at radius 2 is 2.03 bits per heavy atom. The predicted octanol–water partition coefficient (Wildman–Crippen LogP) is 1.53. The average Bonchev–Trinajstić information content (AvgIpc) is 2.65. The maximum atomic E-state index is 15.1. The van der Waals surface area contributed by atoms with E-state index in [2.05, 4.69) is 15.0 Å². The Morgan fingerprint density at radius 3 is 2.59 bits per heavy atom. The van der Waals surface area contributed by atoms with Crippen molar-refractivity contribution in [1.29, 1.82) is 0 Å². The number of aromatic nitrogens is 1. The Morgan fingerprint density at radius 1 is 1.34 bits per heavy atom. The molecule has 0 spiro atoms. The number of rotatable bonds is 4. The van der Waals surface area contributed by atoms with Crippen molar-refractivity contribution in [3.8, 4) is 5.88 Å². The highest BCUT2D eigenvalue weighted by Gasteiger charge is 2.41. The van der Waals surface area contributed by atoms with Gasteiger partial charge in [0.25, 0.3) is 10.2 Å². The molecule has 0 aromatic carbocycles. The molecule has 3 N–H and O–H groups in total. The molecule has 1 aromatic rings. The zero-order chi connectivity index (χ0) is 21.6. The number of hydrogen-bond acceptors (Lipinski definition) is 6. The third-order valence-electron chi connectivity index (χ3n) is 4.56. The largest absolute Gasteiger partial charge is 0.481 e. The number of pyridine rings is 1. The Labute approximate surface area is 164 Å². The molecule has 3 heterocycles. The van der Waals surface area contributed by atoms with Crippen LogP contribution < -0.4 is 15.2 Å². The number of dihydropyridines is 1. The summed E-state index contributed by atoms with van der Waals surface area (Å²) in [4.78, 5) is 3.67. The summed E-state index contributed by atoms with van der Waals surface area (Å²) in [5, 5.41) is 7.96. The second-order valence-electron chi connectivity index (χ2n) is 6.29. The Balaban J connectivity index is 2.16. The monoisotopic (exact) mass is 438 g/mol. The second-order valence-corrected chi connectivity index (χ2v) is 7.79. The summed E-state index contributed by atoms with van der Waals surface area (Å²) in [7, 11) is -1.96. The normalized spacial score (nSPS) is 23.3. The summed E-state index contributed by atoms with van der Waals surface area (Å²) < 4.78 is 89.0. The summed E-state index contributed by atoms with van der Waals surface area (Å²) in [5.41, 5.74) is -1.03. The lowest BCUT2D eigenvalue weighted by atomic mass is 9.90. The van der Waals surface area contributed by atoms with Crippen LogP contribution in [0.15, 0.2) is 29.6 Å². The van der Waals surface area contributed by atoms with Gasteiger partial charge in [-0.2, -0.15) is 25.9 Å². The van der Waals surface area contributed by atoms with Crippen LogP contribution >= 0.6 is 0 Å². The van der Waals surface area contributed by atoms with Gasteiger partial charge in [0.15, 0.2) is 6.30 Å². The molecule has 0 saturated carbocycles. The molecule has 0 saturated heterocycles. The van der Waals surface area contributed by atoms with Crippen LogP contribution in [0.4, 0.5) is 17.6 Å². The van der Waals surface area contributed by atoms with E-state index in [1.54, 1.807) is 0 Å². The number of nitrogens with one attached hydrogen (secondary N) is 1. The van der Waals surface area contributed by atoms with Crippen molar-refractivity contribution in [2.75, 3.05) is 20.8 Å². The lowest BCUT2D eigenvalue weighted by molar-refractivity contribution is -0.139. The van der Waals surface area contributed by atoms with Crippen molar-refractivity contribution in [2.45, 2.75) is 25.1 Å². The number of hydrogen-bond donors (Lipinski definition) is 2. The van der Waals surface area contributed by atoms with Gasteiger partial charge in [0.1, 0.15) is 11.8 Å². The van der Waals surface area contributed by atoms with Gasteiger partial charge in [0.2, 0.25) is 5.88 Å². The number of ether oxygens (including phenoxy) is 2. The van der Waals surface area contributed by atoms with Crippen molar-refractivity contribution in [1.82, 2.24) is 14.6 Å². The fourth-order valence-corrected chi connectivity index (χ4v) is 3.96. The van der Waals surface area contributed by atoms with E-state index >= 15 is 4.39 Å². The number of halogens is 4. The van der Waals surface area contributed by atoms with E-state index in [-0.39, 0.29) is 29.7 Å². The maximum absolute atomic E-state index is 15.1. The summed E-state index contributed by atoms with van der Waals surface area (Å²) in [6, 6.07) is 0.767. The minimum absolute atomic E-state index is 0.0205. The van der Waals surface area contributed by atoms with Crippen LogP contribution in [0.25, 0.3) is 5.57 Å². The fraction of sp³-hybridized carbons (Fsp3) is 0.438. The lowest BCUT2D eigenvalue weighted by Crippen LogP contribution is -2.49. The van der Waals surface area contributed by atoms with Crippen molar-refractivity contribution >= 4 is 15.8 Å². The van der Waals surface area contributed by atoms with Crippen molar-refractivity contribution < 1.29 is 35.5 Å². The Hall–Kier alpha value is -2.22. The molecule has 0 bridgehead atoms. The third kappa shape index (κ3) is 4.08. The third-order valence-corrected chi connectivity index (χ3v) is 5.59. The van der Waals surface area contributed by atoms with Gasteiger partial charge >= 0.3 is 6.18 Å². The average molecular weight is 438 g/mol. The predicted molar refractivity (Wildman–Crippen MR) is 94.1 cm³/mol. The fourth-order valence-electron chi connectivity index (χ4n) is 3.25. The SMILES string of the molecule is COc1ncc(C2=CC(OC)NC3=C2C(F)N(S(N)(=O)=O)CC3)cc1C(F)(F)F. The van der Waals surface area contributed by atoms with E-state index < -0.39 is 40.4 Å². The number of alkyl halides is 4. The van der Waals surface area contributed by atoms with Crippen LogP contribution in [0, 0.1) is 0 Å². The van der Waals surface area contributed by atoms with Gasteiger partial charge in [0.05, 0.1) is 7.11 Å². The van der Waals surface area contributed by atoms with Gasteiger partial charge in [-0.25, -0.2) is 14.5 Å². The van der Waals surface area contributed by atoms with E-state index in [1.165, 1.54) is 13.2 Å². The molecule has 1 aromatic heterocycles. The lowest BCUT2D eigenvalue weighted by Gasteiger charge is -2.37. The quantitative estimate of drug-likeness (QED) is 0.546. The zero-order valence-corrected chi connectivity index (χ0v) is 16.1. The molecule has 160 valence electrons. The summed E-state index contributed by atoms with van der Waals surface area (Å²) in [6.07, 6.45) is -5.21. The molecule has 2 unspecified atom stereocenters. The van der Waals surface area contributed by atoms with E-state index in [1.807, 2.05) is 0 Å². The van der Waals surface area contributed by atoms with E-state index in [0.717, 1.165) is 19.4 Å². The first-order chi connectivity index (χ1) is 13.5. The van der Waals surface area contributed by atoms with Crippen LogP contribution in [0.1, 0.15) is 17.5 Å². The van der Waals surface area contributed by atoms with Crippen LogP contribution in [0.2, 0.25) is 0 Å². The minimum Gasteiger partial charge on any atom is -0.481 e. The van der Waals surface area contributed by atoms with Crippen LogP contribution in [0.5, 0.6) is 5.88 Å². The first-order valence-corrected chi connectivity index (χ1v) is 9.77. The highest BCUT2D eigenvalue weighted by molar-refractivity contribution is 7.86. The van der Waals surface area contributed by atoms with E-state index in [9.17, 15) is 21.6 Å². The van der Waals surface area contributed by atoms with Crippen LogP contribution in [-0.2, 0) is 21.1 Å². The van der Waals surface area contributed by atoms with E-state index in [4.69, 9.17) is 9.88 Å². The Kier molecular flexibility index (Phi) is 5.60. The Bertz CT molecular complexity index is 978. The molecule has 0 radical (unpaired) electrons. The molecule has 2 aliphatic rings. The van der Waals surface area contributed by atoms with Crippen molar-refractivity contribution in [3.63, 3.8) is 0 Å². The highest BCUT2D eigenvalue weighted by Crippen LogP contribution is 2.41. The smallest absolute Gasteiger partial charge is 0.421 e. The maximum Gasteiger partial charge on any atom is 0.421 e. The molecule has 13 heteroatoms. The molecule has 2 aliphatic heterocycles. The second kappa shape index (κ2) is 7.55. The van der Waals surface area contributed by atoms with Crippen LogP contribution in [-0.4, -0.2) is 51.0 Å². The molecule has 2 atom stereocenters. The van der Waals surface area contributed by atoms with Crippen molar-refractivity contribution in [2.24, 2.45) is 5.14 Å². The minimum atomic E-state index is -4.77. The zero-order valence-electron chi connectivity index (χ0n) is 15.3. The highest BCUT2D eigenvalue weighted by atomic mass is 32.2. The molecule has 29 heavy (non-hydrogen) atoms. The van der Waals surface area contributed by atoms with Gasteiger partial charge in [-0.05, 0) is 17.7 Å². The molecule has 0 amide bonds. The molecule has 0 fully saturated rings. The number of nitrogens with zero attached hydrogens (tertiary/aromatic N) is 2. The molecule has 8 nitrogen and oxygen atoms in total. The standard InChI is InChI=1S/C16H18F4N4O4S/c1-27-12-6-9(8-5-10(16(18,19)20)15(28-2)22-7-8)13-11(23-12)3-4-24(14(13)17)29(21,25)26/h5-7,12,14,23H,3-4H2,1-2H3,(H2,21,25,26). The van der Waals surface area contributed by atoms with Gasteiger partial charge in [0, 0.05) is 43.1 Å². The van der Waals surface area contributed by atoms with Gasteiger partial charge < -0.3 is 14.8 Å². The number of methoxy groups -OCH3 is 2. The summed E-state index contributed by atoms with van der Waals surface area (Å²) in [6.45, 7) is -0.232. The first-order valence-electron chi connectivity index (χ1n) is 8.27. The first kappa shape index (κ1) is 21.5. The van der Waals surface area contributed by atoms with Gasteiger partial charge in [-0.15, -0.1) is 0 Å². The molecular weight excluding hydrogens is 420 g/mol. The summed E-state index contributed by atoms with van der Waals surface area (Å²) >= 11 is 0. The van der Waals surface area contributed by atoms with Gasteiger partial charge in [-0.3, -0.25) is 0 Å². The van der Waals surface area contributed by atoms with Crippen molar-refractivity contribution in [3.05, 3.63) is 40.7 Å². The van der Waals surface area contributed by atoms with Crippen LogP contribution in [0.3, 0.4) is 0 Å². The molecular formula is C16H18F4N4O4S. The molecule has 3 rings (SSSR count). The van der Waals surface area contributed by atoms with E-state index in [0.29, 0.717) is 10.0 Å².